The third-order valence-electron chi connectivity index (χ3n) is 1.82. The van der Waals surface area contributed by atoms with Crippen LogP contribution in [0.4, 0.5) is 5.88 Å². The summed E-state index contributed by atoms with van der Waals surface area (Å²) in [6.07, 6.45) is 0.132. The fraction of sp³-hybridized carbons (Fsp3) is 0.444. The maximum atomic E-state index is 10.3. The number of anilines is 1. The Kier molecular flexibility index (Phi) is 3.53. The molecule has 0 fully saturated rings. The van der Waals surface area contributed by atoms with E-state index in [4.69, 9.17) is 15.3 Å². The highest BCUT2D eigenvalue weighted by molar-refractivity contribution is 5.66. The largest absolute Gasteiger partial charge is 0.481 e. The van der Waals surface area contributed by atoms with Crippen molar-refractivity contribution in [3.63, 3.8) is 0 Å². The van der Waals surface area contributed by atoms with Crippen molar-refractivity contribution in [3.8, 4) is 0 Å². The topological polar surface area (TPSA) is 79.7 Å². The van der Waals surface area contributed by atoms with Gasteiger partial charge in [-0.25, -0.2) is 0 Å². The molecular weight excluding hydrogens is 184 g/mol. The average molecular weight is 198 g/mol. The van der Waals surface area contributed by atoms with Gasteiger partial charge >= 0.3 is 5.97 Å². The molecule has 0 bridgehead atoms. The van der Waals surface area contributed by atoms with Crippen molar-refractivity contribution in [2.45, 2.75) is 13.0 Å². The zero-order chi connectivity index (χ0) is 10.6. The van der Waals surface area contributed by atoms with Gasteiger partial charge in [-0.3, -0.25) is 9.69 Å². The second-order valence-corrected chi connectivity index (χ2v) is 3.19. The predicted octanol–water partition coefficient (Wildman–Crippen LogP) is 0.768. The molecule has 14 heavy (non-hydrogen) atoms. The Bertz CT molecular complexity index is 309. The highest BCUT2D eigenvalue weighted by Crippen LogP contribution is 2.10. The number of carboxylic acid groups (broad SMARTS) is 1. The van der Waals surface area contributed by atoms with Gasteiger partial charge in [-0.05, 0) is 13.1 Å². The molecule has 0 saturated carbocycles. The molecule has 1 rings (SSSR count). The molecule has 0 amide bonds. The molecule has 0 aliphatic rings. The first-order valence-electron chi connectivity index (χ1n) is 4.32. The summed E-state index contributed by atoms with van der Waals surface area (Å²) in [5, 5.41) is 8.46. The fourth-order valence-electron chi connectivity index (χ4n) is 1.11. The number of carbonyl (C=O) groups is 1. The molecule has 0 aromatic carbocycles. The molecular formula is C9H14N2O3. The van der Waals surface area contributed by atoms with Gasteiger partial charge in [-0.1, -0.05) is 0 Å². The van der Waals surface area contributed by atoms with Crippen LogP contribution < -0.4 is 5.73 Å². The quantitative estimate of drug-likeness (QED) is 0.730. The van der Waals surface area contributed by atoms with Crippen LogP contribution in [0.25, 0.3) is 0 Å². The molecule has 0 aliphatic carbocycles. The minimum absolute atomic E-state index is 0.132. The van der Waals surface area contributed by atoms with E-state index in [2.05, 4.69) is 0 Å². The SMILES string of the molecule is CN(CCC(=O)O)Cc1ccc(N)o1. The molecule has 1 aromatic rings. The van der Waals surface area contributed by atoms with Gasteiger partial charge in [0.15, 0.2) is 5.88 Å². The van der Waals surface area contributed by atoms with Crippen molar-refractivity contribution < 1.29 is 14.3 Å². The van der Waals surface area contributed by atoms with E-state index < -0.39 is 5.97 Å². The summed E-state index contributed by atoms with van der Waals surface area (Å²) >= 11 is 0. The number of nitrogens with two attached hydrogens (primary N) is 1. The molecule has 5 nitrogen and oxygen atoms in total. The van der Waals surface area contributed by atoms with Crippen molar-refractivity contribution in [3.05, 3.63) is 17.9 Å². The third-order valence-corrected chi connectivity index (χ3v) is 1.82. The third kappa shape index (κ3) is 3.49. The van der Waals surface area contributed by atoms with Crippen LogP contribution in [0.15, 0.2) is 16.5 Å². The second-order valence-electron chi connectivity index (χ2n) is 3.19. The number of aliphatic carboxylic acids is 1. The lowest BCUT2D eigenvalue weighted by molar-refractivity contribution is -0.137. The van der Waals surface area contributed by atoms with Gasteiger partial charge in [0.05, 0.1) is 13.0 Å². The van der Waals surface area contributed by atoms with E-state index >= 15 is 0 Å². The van der Waals surface area contributed by atoms with Gasteiger partial charge in [0, 0.05) is 12.6 Å². The number of nitrogens with zero attached hydrogens (tertiary/aromatic N) is 1. The lowest BCUT2D eigenvalue weighted by Crippen LogP contribution is -2.20. The molecule has 0 aliphatic heterocycles. The Hall–Kier alpha value is -1.49. The zero-order valence-electron chi connectivity index (χ0n) is 8.06. The number of hydrogen-bond acceptors (Lipinski definition) is 4. The Balaban J connectivity index is 2.33. The molecule has 78 valence electrons. The number of nitrogen functional groups attached to an aromatic ring is 1. The summed E-state index contributed by atoms with van der Waals surface area (Å²) < 4.78 is 5.15. The summed E-state index contributed by atoms with van der Waals surface area (Å²) in [6.45, 7) is 1.07. The fourth-order valence-corrected chi connectivity index (χ4v) is 1.11. The molecule has 3 N–H and O–H groups in total. The molecule has 0 unspecified atom stereocenters. The van der Waals surface area contributed by atoms with Crippen molar-refractivity contribution >= 4 is 11.9 Å². The van der Waals surface area contributed by atoms with Gasteiger partial charge < -0.3 is 15.3 Å². The number of hydrogen-bond donors (Lipinski definition) is 2. The van der Waals surface area contributed by atoms with Crippen LogP contribution in [0, 0.1) is 0 Å². The van der Waals surface area contributed by atoms with Crippen molar-refractivity contribution in [1.82, 2.24) is 4.90 Å². The maximum absolute atomic E-state index is 10.3. The molecule has 0 radical (unpaired) electrons. The predicted molar refractivity (Wildman–Crippen MR) is 51.7 cm³/mol. The lowest BCUT2D eigenvalue weighted by atomic mass is 10.3. The Morgan fingerprint density at radius 2 is 2.36 bits per heavy atom. The van der Waals surface area contributed by atoms with Crippen molar-refractivity contribution in [1.29, 1.82) is 0 Å². The molecule has 0 saturated heterocycles. The monoisotopic (exact) mass is 198 g/mol. The van der Waals surface area contributed by atoms with E-state index in [-0.39, 0.29) is 6.42 Å². The van der Waals surface area contributed by atoms with Crippen molar-refractivity contribution in [2.75, 3.05) is 19.3 Å². The number of rotatable bonds is 5. The van der Waals surface area contributed by atoms with Crippen LogP contribution >= 0.6 is 0 Å². The van der Waals surface area contributed by atoms with E-state index in [0.717, 1.165) is 5.76 Å². The van der Waals surface area contributed by atoms with E-state index in [0.29, 0.717) is 19.0 Å². The normalized spacial score (nSPS) is 10.7. The standard InChI is InChI=1S/C9H14N2O3/c1-11(5-4-9(12)13)6-7-2-3-8(10)14-7/h2-3H,4-6,10H2,1H3,(H,12,13). The van der Waals surface area contributed by atoms with Gasteiger partial charge in [-0.2, -0.15) is 0 Å². The minimum atomic E-state index is -0.796. The first-order chi connectivity index (χ1) is 6.58. The highest BCUT2D eigenvalue weighted by Gasteiger charge is 2.05. The summed E-state index contributed by atoms with van der Waals surface area (Å²) in [7, 11) is 1.83. The smallest absolute Gasteiger partial charge is 0.304 e. The summed E-state index contributed by atoms with van der Waals surface area (Å²) in [4.78, 5) is 12.2. The van der Waals surface area contributed by atoms with Crippen molar-refractivity contribution in [2.24, 2.45) is 0 Å². The Labute approximate surface area is 82.1 Å². The molecule has 5 heteroatoms. The highest BCUT2D eigenvalue weighted by atomic mass is 16.4. The van der Waals surface area contributed by atoms with Crippen LogP contribution in [0.1, 0.15) is 12.2 Å². The average Bonchev–Trinajstić information content (AvgIpc) is 2.48. The maximum Gasteiger partial charge on any atom is 0.304 e. The molecule has 1 heterocycles. The van der Waals surface area contributed by atoms with E-state index in [9.17, 15) is 4.79 Å². The first-order valence-corrected chi connectivity index (χ1v) is 4.32. The van der Waals surface area contributed by atoms with Gasteiger partial charge in [-0.15, -0.1) is 0 Å². The molecule has 1 aromatic heterocycles. The molecule has 0 spiro atoms. The number of carboxylic acids is 1. The summed E-state index contributed by atoms with van der Waals surface area (Å²) in [5.41, 5.74) is 5.40. The van der Waals surface area contributed by atoms with E-state index in [1.54, 1.807) is 12.1 Å². The summed E-state index contributed by atoms with van der Waals surface area (Å²) in [6, 6.07) is 3.47. The summed E-state index contributed by atoms with van der Waals surface area (Å²) in [5.74, 6) is 0.331. The second kappa shape index (κ2) is 4.66. The molecule has 0 atom stereocenters. The van der Waals surface area contributed by atoms with Crippen LogP contribution in [-0.4, -0.2) is 29.6 Å². The van der Waals surface area contributed by atoms with Gasteiger partial charge in [0.2, 0.25) is 0 Å². The Morgan fingerprint density at radius 3 is 2.86 bits per heavy atom. The van der Waals surface area contributed by atoms with Crippen LogP contribution in [0.3, 0.4) is 0 Å². The number of furan rings is 1. The van der Waals surface area contributed by atoms with E-state index in [1.165, 1.54) is 0 Å². The van der Waals surface area contributed by atoms with Crippen LogP contribution in [0.5, 0.6) is 0 Å². The van der Waals surface area contributed by atoms with Crippen LogP contribution in [-0.2, 0) is 11.3 Å². The zero-order valence-corrected chi connectivity index (χ0v) is 8.06. The van der Waals surface area contributed by atoms with Gasteiger partial charge in [0.25, 0.3) is 0 Å². The lowest BCUT2D eigenvalue weighted by Gasteiger charge is -2.12. The first kappa shape index (κ1) is 10.6. The van der Waals surface area contributed by atoms with Gasteiger partial charge in [0.1, 0.15) is 5.76 Å². The minimum Gasteiger partial charge on any atom is -0.481 e. The van der Waals surface area contributed by atoms with Crippen LogP contribution in [0.2, 0.25) is 0 Å². The van der Waals surface area contributed by atoms with E-state index in [1.807, 2.05) is 11.9 Å². The Morgan fingerprint density at radius 1 is 1.64 bits per heavy atom.